The molecule has 0 spiro atoms. The third kappa shape index (κ3) is 4.84. The number of rotatable bonds is 4. The lowest BCUT2D eigenvalue weighted by Gasteiger charge is -2.43. The monoisotopic (exact) mass is 459 g/mol. The zero-order valence-electron chi connectivity index (χ0n) is 16.4. The van der Waals surface area contributed by atoms with Crippen LogP contribution in [0.15, 0.2) is 30.8 Å². The maximum atomic E-state index is 12.7. The molecular weight excluding hydrogens is 437 g/mol. The number of nitrogens with zero attached hydrogens (tertiary/aromatic N) is 1. The fraction of sp³-hybridized carbons (Fsp3) is 0.524. The van der Waals surface area contributed by atoms with Crippen LogP contribution in [0.1, 0.15) is 43.2 Å². The number of amides is 1. The van der Waals surface area contributed by atoms with Gasteiger partial charge in [-0.25, -0.2) is 4.79 Å². The Morgan fingerprint density at radius 3 is 2.41 bits per heavy atom. The van der Waals surface area contributed by atoms with Gasteiger partial charge in [0.05, 0.1) is 13.0 Å². The second kappa shape index (κ2) is 8.75. The van der Waals surface area contributed by atoms with Gasteiger partial charge in [-0.2, -0.15) is 0 Å². The second-order valence-electron chi connectivity index (χ2n) is 7.67. The van der Waals surface area contributed by atoms with E-state index in [4.69, 9.17) is 44.3 Å². The Hall–Kier alpha value is -1.43. The zero-order valence-corrected chi connectivity index (χ0v) is 18.6. The lowest BCUT2D eigenvalue weighted by molar-refractivity contribution is -0.150. The number of hydrogen-bond donors (Lipinski definition) is 0. The number of carbonyl (C=O) groups excluding carboxylic acids is 2. The summed E-state index contributed by atoms with van der Waals surface area (Å²) in [5, 5.41) is 0. The van der Waals surface area contributed by atoms with Crippen molar-refractivity contribution in [2.45, 2.75) is 48.0 Å². The van der Waals surface area contributed by atoms with Gasteiger partial charge in [0.25, 0.3) is 0 Å². The van der Waals surface area contributed by atoms with E-state index < -0.39 is 15.8 Å². The van der Waals surface area contributed by atoms with E-state index in [-0.39, 0.29) is 30.6 Å². The summed E-state index contributed by atoms with van der Waals surface area (Å²) in [6.07, 6.45) is 1.58. The van der Waals surface area contributed by atoms with Crippen LogP contribution in [-0.2, 0) is 14.3 Å². The number of hydrogen-bond acceptors (Lipinski definition) is 4. The molecule has 2 aliphatic heterocycles. The third-order valence-corrected chi connectivity index (χ3v) is 6.12. The number of carbonyl (C=O) groups is 2. The van der Waals surface area contributed by atoms with E-state index in [1.54, 1.807) is 4.90 Å². The summed E-state index contributed by atoms with van der Waals surface area (Å²) in [5.74, 6) is -0.852. The molecule has 0 radical (unpaired) electrons. The molecular formula is C21H24Cl3NO4. The first-order valence-corrected chi connectivity index (χ1v) is 10.6. The number of alkyl halides is 3. The van der Waals surface area contributed by atoms with Gasteiger partial charge in [-0.1, -0.05) is 71.2 Å². The summed E-state index contributed by atoms with van der Waals surface area (Å²) < 4.78 is 8.62. The molecule has 2 bridgehead atoms. The Bertz CT molecular complexity index is 790. The number of halogens is 3. The maximum absolute atomic E-state index is 12.7. The predicted molar refractivity (Wildman–Crippen MR) is 114 cm³/mol. The van der Waals surface area contributed by atoms with Crippen LogP contribution in [0.4, 0.5) is 4.79 Å². The van der Waals surface area contributed by atoms with Crippen LogP contribution in [-0.4, -0.2) is 46.6 Å². The molecule has 0 aromatic heterocycles. The van der Waals surface area contributed by atoms with Crippen molar-refractivity contribution in [3.8, 4) is 0 Å². The number of benzene rings is 1. The summed E-state index contributed by atoms with van der Waals surface area (Å²) in [7, 11) is 1.37. The molecule has 0 unspecified atom stereocenters. The molecule has 29 heavy (non-hydrogen) atoms. The van der Waals surface area contributed by atoms with Gasteiger partial charge < -0.3 is 14.4 Å². The van der Waals surface area contributed by atoms with Crippen LogP contribution >= 0.6 is 34.8 Å². The molecule has 5 nitrogen and oxygen atoms in total. The number of allylic oxidation sites excluding steroid dienone is 1. The SMILES string of the molecule is C=C(C)c1ccc([C@H]2C[C@@H]3CC[C@H]([C@H]2C(=O)OC)N3C(=O)OCC(Cl)(Cl)Cl)cc1. The van der Waals surface area contributed by atoms with Gasteiger partial charge in [0.2, 0.25) is 3.79 Å². The van der Waals surface area contributed by atoms with Crippen molar-refractivity contribution in [3.05, 3.63) is 42.0 Å². The molecule has 4 atom stereocenters. The van der Waals surface area contributed by atoms with E-state index in [0.717, 1.165) is 23.1 Å². The average molecular weight is 461 g/mol. The highest BCUT2D eigenvalue weighted by Gasteiger charge is 2.53. The van der Waals surface area contributed by atoms with Gasteiger partial charge in [0, 0.05) is 18.0 Å². The van der Waals surface area contributed by atoms with Crippen molar-refractivity contribution in [1.82, 2.24) is 4.90 Å². The molecule has 2 aliphatic rings. The Morgan fingerprint density at radius 2 is 1.86 bits per heavy atom. The molecule has 0 N–H and O–H groups in total. The first-order valence-electron chi connectivity index (χ1n) is 9.48. The molecule has 2 saturated heterocycles. The van der Waals surface area contributed by atoms with Gasteiger partial charge in [-0.15, -0.1) is 0 Å². The van der Waals surface area contributed by atoms with Crippen molar-refractivity contribution >= 4 is 52.4 Å². The molecule has 0 saturated carbocycles. The minimum absolute atomic E-state index is 0.0328. The minimum atomic E-state index is -1.68. The largest absolute Gasteiger partial charge is 0.469 e. The van der Waals surface area contributed by atoms with Crippen LogP contribution in [0.25, 0.3) is 5.57 Å². The average Bonchev–Trinajstić information content (AvgIpc) is 2.98. The standard InChI is InChI=1S/C21H24Cl3NO4/c1-12(2)13-4-6-14(7-5-13)16-10-15-8-9-17(18(16)19(26)28-3)25(15)20(27)29-11-21(22,23)24/h4-7,15-18H,1,8-11H2,2-3H3/t15-,16+,17+,18-/m0/s1. The van der Waals surface area contributed by atoms with E-state index in [0.29, 0.717) is 12.8 Å². The number of fused-ring (bicyclic) bond motifs is 2. The van der Waals surface area contributed by atoms with Crippen molar-refractivity contribution in [2.75, 3.05) is 13.7 Å². The molecule has 8 heteroatoms. The van der Waals surface area contributed by atoms with Crippen LogP contribution < -0.4 is 0 Å². The van der Waals surface area contributed by atoms with Crippen LogP contribution in [0, 0.1) is 5.92 Å². The maximum Gasteiger partial charge on any atom is 0.410 e. The lowest BCUT2D eigenvalue weighted by Crippen LogP contribution is -2.53. The van der Waals surface area contributed by atoms with Crippen molar-refractivity contribution in [3.63, 3.8) is 0 Å². The molecule has 1 aromatic rings. The minimum Gasteiger partial charge on any atom is -0.469 e. The van der Waals surface area contributed by atoms with Crippen molar-refractivity contribution in [1.29, 1.82) is 0 Å². The molecule has 158 valence electrons. The quantitative estimate of drug-likeness (QED) is 0.450. The Kier molecular flexibility index (Phi) is 6.71. The van der Waals surface area contributed by atoms with Gasteiger partial charge in [-0.3, -0.25) is 4.79 Å². The van der Waals surface area contributed by atoms with E-state index in [9.17, 15) is 9.59 Å². The highest BCUT2D eigenvalue weighted by molar-refractivity contribution is 6.67. The topological polar surface area (TPSA) is 55.8 Å². The first-order chi connectivity index (χ1) is 13.6. The number of methoxy groups -OCH3 is 1. The van der Waals surface area contributed by atoms with Gasteiger partial charge >= 0.3 is 12.1 Å². The fourth-order valence-electron chi connectivity index (χ4n) is 4.52. The molecule has 1 aromatic carbocycles. The highest BCUT2D eigenvalue weighted by atomic mass is 35.6. The van der Waals surface area contributed by atoms with E-state index >= 15 is 0 Å². The van der Waals surface area contributed by atoms with Gasteiger partial charge in [-0.05, 0) is 37.3 Å². The molecule has 3 rings (SSSR count). The van der Waals surface area contributed by atoms with Crippen LogP contribution in [0.3, 0.4) is 0 Å². The van der Waals surface area contributed by atoms with Crippen molar-refractivity contribution in [2.24, 2.45) is 5.92 Å². The normalized spacial score (nSPS) is 26.2. The van der Waals surface area contributed by atoms with E-state index in [1.165, 1.54) is 7.11 Å². The third-order valence-electron chi connectivity index (χ3n) is 5.80. The summed E-state index contributed by atoms with van der Waals surface area (Å²) in [4.78, 5) is 27.0. The lowest BCUT2D eigenvalue weighted by atomic mass is 9.76. The molecule has 0 aliphatic carbocycles. The van der Waals surface area contributed by atoms with Gasteiger partial charge in [0.15, 0.2) is 0 Å². The zero-order chi connectivity index (χ0) is 21.3. The number of esters is 1. The first kappa shape index (κ1) is 22.3. The summed E-state index contributed by atoms with van der Waals surface area (Å²) >= 11 is 17.1. The van der Waals surface area contributed by atoms with Crippen molar-refractivity contribution < 1.29 is 19.1 Å². The summed E-state index contributed by atoms with van der Waals surface area (Å²) in [6, 6.07) is 7.73. The van der Waals surface area contributed by atoms with Crippen LogP contribution in [0.2, 0.25) is 0 Å². The Balaban J connectivity index is 1.86. The molecule has 1 amide bonds. The molecule has 2 heterocycles. The Morgan fingerprint density at radius 1 is 1.21 bits per heavy atom. The molecule has 2 fully saturated rings. The summed E-state index contributed by atoms with van der Waals surface area (Å²) in [6.45, 7) is 5.57. The smallest absolute Gasteiger partial charge is 0.410 e. The highest BCUT2D eigenvalue weighted by Crippen LogP contribution is 2.48. The summed E-state index contributed by atoms with van der Waals surface area (Å²) in [5.41, 5.74) is 3.09. The number of piperidine rings is 1. The fourth-order valence-corrected chi connectivity index (χ4v) is 4.69. The van der Waals surface area contributed by atoms with E-state index in [1.807, 2.05) is 31.2 Å². The Labute approximate surface area is 185 Å². The van der Waals surface area contributed by atoms with Gasteiger partial charge in [0.1, 0.15) is 6.61 Å². The second-order valence-corrected chi connectivity index (χ2v) is 10.2. The predicted octanol–water partition coefficient (Wildman–Crippen LogP) is 5.34. The number of ether oxygens (including phenoxy) is 2. The van der Waals surface area contributed by atoms with Crippen LogP contribution in [0.5, 0.6) is 0 Å². The van der Waals surface area contributed by atoms with E-state index in [2.05, 4.69) is 6.58 Å².